The Morgan fingerprint density at radius 3 is 2.68 bits per heavy atom. The third-order valence-corrected chi connectivity index (χ3v) is 9.59. The van der Waals surface area contributed by atoms with Gasteiger partial charge in [-0.2, -0.15) is 0 Å². The molecule has 3 fully saturated rings. The molecule has 1 saturated carbocycles. The molecule has 8 nitrogen and oxygen atoms in total. The zero-order valence-corrected chi connectivity index (χ0v) is 22.3. The molecule has 9 atom stereocenters. The van der Waals surface area contributed by atoms with Gasteiger partial charge in [-0.05, 0) is 45.4 Å². The Morgan fingerprint density at radius 1 is 1.14 bits per heavy atom. The summed E-state index contributed by atoms with van der Waals surface area (Å²) in [4.78, 5) is 25.7. The summed E-state index contributed by atoms with van der Waals surface area (Å²) in [5.41, 5.74) is -0.269. The van der Waals surface area contributed by atoms with Gasteiger partial charge in [-0.15, -0.1) is 0 Å². The lowest BCUT2D eigenvalue weighted by atomic mass is 9.46. The number of esters is 2. The predicted octanol–water partition coefficient (Wildman–Crippen LogP) is 3.42. The minimum atomic E-state index is -1.24. The zero-order chi connectivity index (χ0) is 26.4. The molecule has 8 heteroatoms. The number of aliphatic hydroxyl groups excluding tert-OH is 1. The third-order valence-electron chi connectivity index (χ3n) is 9.59. The van der Waals surface area contributed by atoms with Crippen LogP contribution in [0.1, 0.15) is 59.8 Å². The van der Waals surface area contributed by atoms with E-state index in [1.807, 2.05) is 19.9 Å². The number of hydrogen-bond acceptors (Lipinski definition) is 8. The standard InChI is InChI=1S/C29H40O8/c1-18-9-11-28-16-34-26(32)25(31)19(2)10-12-33-20(3)7-5-6-8-24(30)36-21-14-23(37-22(28)13-18)29(17-35-29)27(28,4)15-21/h5-8,13,19-23,25,31H,9-12,14-17H2,1-4H3/b7-5+,8-6-/t19?,20?,21?,22?,23?,25?,27-,28-,29?/m1/s1. The van der Waals surface area contributed by atoms with Gasteiger partial charge >= 0.3 is 11.9 Å². The van der Waals surface area contributed by atoms with Crippen molar-refractivity contribution in [3.05, 3.63) is 36.0 Å². The van der Waals surface area contributed by atoms with Crippen LogP contribution in [0.4, 0.5) is 0 Å². The van der Waals surface area contributed by atoms with Gasteiger partial charge in [0.2, 0.25) is 0 Å². The lowest BCUT2D eigenvalue weighted by Crippen LogP contribution is -2.71. The summed E-state index contributed by atoms with van der Waals surface area (Å²) < 4.78 is 30.5. The molecule has 1 N–H and O–H groups in total. The van der Waals surface area contributed by atoms with E-state index in [0.717, 1.165) is 12.8 Å². The average Bonchev–Trinajstić information content (AvgIpc) is 3.65. The molecule has 2 aliphatic carbocycles. The highest BCUT2D eigenvalue weighted by atomic mass is 16.6. The molecule has 0 aromatic heterocycles. The van der Waals surface area contributed by atoms with Crippen molar-refractivity contribution in [2.24, 2.45) is 16.7 Å². The summed E-state index contributed by atoms with van der Waals surface area (Å²) in [6.45, 7) is 9.06. The molecule has 7 unspecified atom stereocenters. The van der Waals surface area contributed by atoms with Crippen LogP contribution in [0.5, 0.6) is 0 Å². The lowest BCUT2D eigenvalue weighted by molar-refractivity contribution is -0.278. The molecule has 3 heterocycles. The lowest BCUT2D eigenvalue weighted by Gasteiger charge is -2.64. The van der Waals surface area contributed by atoms with E-state index in [1.165, 1.54) is 11.6 Å². The smallest absolute Gasteiger partial charge is 0.335 e. The van der Waals surface area contributed by atoms with Crippen molar-refractivity contribution in [3.8, 4) is 0 Å². The van der Waals surface area contributed by atoms with Gasteiger partial charge in [-0.1, -0.05) is 43.7 Å². The summed E-state index contributed by atoms with van der Waals surface area (Å²) in [7, 11) is 0. The van der Waals surface area contributed by atoms with E-state index in [-0.39, 0.29) is 36.9 Å². The van der Waals surface area contributed by atoms with Gasteiger partial charge in [0.05, 0.1) is 24.9 Å². The maximum absolute atomic E-state index is 13.0. The van der Waals surface area contributed by atoms with Gasteiger partial charge in [0, 0.05) is 29.9 Å². The van der Waals surface area contributed by atoms with Gasteiger partial charge in [0.25, 0.3) is 0 Å². The number of hydrogen-bond donors (Lipinski definition) is 1. The molecule has 5 aliphatic rings. The molecule has 37 heavy (non-hydrogen) atoms. The van der Waals surface area contributed by atoms with Crippen LogP contribution in [-0.4, -0.2) is 73.0 Å². The average molecular weight is 517 g/mol. The van der Waals surface area contributed by atoms with Crippen LogP contribution in [0.25, 0.3) is 0 Å². The second-order valence-electron chi connectivity index (χ2n) is 11.9. The zero-order valence-electron chi connectivity index (χ0n) is 22.3. The predicted molar refractivity (Wildman–Crippen MR) is 134 cm³/mol. The van der Waals surface area contributed by atoms with Crippen LogP contribution < -0.4 is 0 Å². The number of cyclic esters (lactones) is 1. The largest absolute Gasteiger partial charge is 0.463 e. The van der Waals surface area contributed by atoms with Crippen LogP contribution in [0.2, 0.25) is 0 Å². The maximum Gasteiger partial charge on any atom is 0.335 e. The van der Waals surface area contributed by atoms with Crippen molar-refractivity contribution in [2.45, 2.75) is 95.9 Å². The first-order chi connectivity index (χ1) is 17.6. The van der Waals surface area contributed by atoms with Crippen LogP contribution in [0.3, 0.4) is 0 Å². The topological polar surface area (TPSA) is 104 Å². The fourth-order valence-corrected chi connectivity index (χ4v) is 7.00. The number of epoxide rings is 1. The number of allylic oxidation sites excluding steroid dienone is 3. The van der Waals surface area contributed by atoms with E-state index in [0.29, 0.717) is 32.5 Å². The van der Waals surface area contributed by atoms with Gasteiger partial charge in [-0.3, -0.25) is 0 Å². The van der Waals surface area contributed by atoms with Crippen LogP contribution in [-0.2, 0) is 33.3 Å². The van der Waals surface area contributed by atoms with E-state index in [4.69, 9.17) is 23.7 Å². The molecule has 0 aromatic carbocycles. The first kappa shape index (κ1) is 26.6. The Kier molecular flexibility index (Phi) is 7.15. The molecule has 2 saturated heterocycles. The molecular formula is C29H40O8. The maximum atomic E-state index is 13.0. The Bertz CT molecular complexity index is 996. The second-order valence-corrected chi connectivity index (χ2v) is 11.9. The quantitative estimate of drug-likeness (QED) is 0.297. The monoisotopic (exact) mass is 516 g/mol. The number of ether oxygens (including phenoxy) is 5. The van der Waals surface area contributed by atoms with Crippen molar-refractivity contribution < 1.29 is 38.4 Å². The first-order valence-corrected chi connectivity index (χ1v) is 13.6. The van der Waals surface area contributed by atoms with Gasteiger partial charge in [0.15, 0.2) is 6.10 Å². The highest BCUT2D eigenvalue weighted by molar-refractivity contribution is 5.82. The van der Waals surface area contributed by atoms with Crippen LogP contribution >= 0.6 is 0 Å². The number of carbonyl (C=O) groups is 2. The molecule has 0 aromatic rings. The Balaban J connectivity index is 1.48. The normalized spacial score (nSPS) is 48.4. The summed E-state index contributed by atoms with van der Waals surface area (Å²) >= 11 is 0. The molecule has 3 aliphatic heterocycles. The summed E-state index contributed by atoms with van der Waals surface area (Å²) in [6.07, 6.45) is 9.87. The third kappa shape index (κ3) is 4.60. The Hall–Kier alpha value is -2.00. The van der Waals surface area contributed by atoms with Crippen LogP contribution in [0.15, 0.2) is 36.0 Å². The number of rotatable bonds is 0. The highest BCUT2D eigenvalue weighted by Crippen LogP contribution is 2.70. The molecule has 5 rings (SSSR count). The second kappa shape index (κ2) is 9.95. The number of aliphatic hydroxyl groups is 1. The van der Waals surface area contributed by atoms with Gasteiger partial charge in [0.1, 0.15) is 18.3 Å². The van der Waals surface area contributed by atoms with E-state index >= 15 is 0 Å². The molecule has 3 bridgehead atoms. The molecular weight excluding hydrogens is 476 g/mol. The molecule has 204 valence electrons. The minimum absolute atomic E-state index is 0.108. The number of fused-ring (bicyclic) bond motifs is 1. The molecule has 0 amide bonds. The van der Waals surface area contributed by atoms with E-state index in [9.17, 15) is 14.7 Å². The Labute approximate surface area is 219 Å². The van der Waals surface area contributed by atoms with Gasteiger partial charge < -0.3 is 28.8 Å². The highest BCUT2D eigenvalue weighted by Gasteiger charge is 2.78. The molecule has 2 spiro atoms. The van der Waals surface area contributed by atoms with E-state index in [2.05, 4.69) is 19.9 Å². The van der Waals surface area contributed by atoms with Crippen molar-refractivity contribution in [1.29, 1.82) is 0 Å². The fourth-order valence-electron chi connectivity index (χ4n) is 7.00. The van der Waals surface area contributed by atoms with Crippen LogP contribution in [0, 0.1) is 16.7 Å². The Morgan fingerprint density at radius 2 is 1.92 bits per heavy atom. The van der Waals surface area contributed by atoms with Gasteiger partial charge in [-0.25, -0.2) is 9.59 Å². The van der Waals surface area contributed by atoms with E-state index < -0.39 is 34.5 Å². The SMILES string of the molecule is CC1=CC2OC3CC4C[C@@](C)(C35CO5)[C@]2(CC1)COC(=O)C(O)C(C)CCOC(C)/C=C/C=C\C(=O)O4. The summed E-state index contributed by atoms with van der Waals surface area (Å²) in [5, 5.41) is 10.8. The summed E-state index contributed by atoms with van der Waals surface area (Å²) in [5.74, 6) is -1.35. The minimum Gasteiger partial charge on any atom is -0.463 e. The first-order valence-electron chi connectivity index (χ1n) is 13.6. The van der Waals surface area contributed by atoms with Crippen molar-refractivity contribution in [1.82, 2.24) is 0 Å². The summed E-state index contributed by atoms with van der Waals surface area (Å²) in [6, 6.07) is 0. The number of carbonyl (C=O) groups excluding carboxylic acids is 2. The van der Waals surface area contributed by atoms with E-state index in [1.54, 1.807) is 12.2 Å². The fraction of sp³-hybridized carbons (Fsp3) is 0.724. The molecule has 0 radical (unpaired) electrons. The van der Waals surface area contributed by atoms with Crippen molar-refractivity contribution in [3.63, 3.8) is 0 Å². The van der Waals surface area contributed by atoms with Crippen molar-refractivity contribution in [2.75, 3.05) is 19.8 Å². The van der Waals surface area contributed by atoms with Crippen molar-refractivity contribution >= 4 is 11.9 Å².